The molecule has 4 rings (SSSR count). The summed E-state index contributed by atoms with van der Waals surface area (Å²) >= 11 is 0. The minimum atomic E-state index is -4.02. The van der Waals surface area contributed by atoms with Gasteiger partial charge in [-0.25, -0.2) is 17.2 Å². The first-order valence-corrected chi connectivity index (χ1v) is 8.76. The largest absolute Gasteiger partial charge is 0.478 e. The van der Waals surface area contributed by atoms with Crippen molar-refractivity contribution in [3.8, 4) is 11.5 Å². The van der Waals surface area contributed by atoms with Crippen LogP contribution in [0.1, 0.15) is 5.76 Å². The molecule has 1 aromatic carbocycles. The summed E-state index contributed by atoms with van der Waals surface area (Å²) in [5, 5.41) is 3.44. The Bertz CT molecular complexity index is 903. The zero-order valence-corrected chi connectivity index (χ0v) is 13.7. The van der Waals surface area contributed by atoms with Crippen LogP contribution in [-0.2, 0) is 10.0 Å². The van der Waals surface area contributed by atoms with Gasteiger partial charge in [0.2, 0.25) is 11.5 Å². The van der Waals surface area contributed by atoms with Crippen LogP contribution in [0.3, 0.4) is 0 Å². The van der Waals surface area contributed by atoms with Gasteiger partial charge in [0, 0.05) is 0 Å². The summed E-state index contributed by atoms with van der Waals surface area (Å²) in [6, 6.07) is 1.84. The molecule has 2 N–H and O–H groups in total. The predicted octanol–water partition coefficient (Wildman–Crippen LogP) is 1.06. The van der Waals surface area contributed by atoms with Gasteiger partial charge in [-0.3, -0.25) is 0 Å². The molecule has 8 nitrogen and oxygen atoms in total. The first kappa shape index (κ1) is 16.1. The average Bonchev–Trinajstić information content (AvgIpc) is 3.13. The Morgan fingerprint density at radius 2 is 1.68 bits per heavy atom. The van der Waals surface area contributed by atoms with E-state index in [-0.39, 0.29) is 41.1 Å². The number of nitrogens with two attached hydrogens (primary N) is 1. The number of anilines is 1. The van der Waals surface area contributed by atoms with Crippen LogP contribution in [0.15, 0.2) is 21.6 Å². The third kappa shape index (κ3) is 2.34. The first-order valence-electron chi connectivity index (χ1n) is 7.32. The average molecular weight is 373 g/mol. The van der Waals surface area contributed by atoms with Crippen molar-refractivity contribution >= 4 is 15.8 Å². The molecule has 134 valence electrons. The maximum absolute atomic E-state index is 13.8. The molecule has 0 aliphatic carbocycles. The van der Waals surface area contributed by atoms with Crippen LogP contribution >= 0.6 is 0 Å². The highest BCUT2D eigenvalue weighted by atomic mass is 32.2. The van der Waals surface area contributed by atoms with E-state index < -0.39 is 33.9 Å². The molecule has 2 aliphatic rings. The Labute approximate surface area is 141 Å². The van der Waals surface area contributed by atoms with E-state index in [1.165, 1.54) is 6.92 Å². The zero-order chi connectivity index (χ0) is 17.9. The van der Waals surface area contributed by atoms with Gasteiger partial charge in [0.05, 0.1) is 13.1 Å². The van der Waals surface area contributed by atoms with E-state index in [9.17, 15) is 17.2 Å². The summed E-state index contributed by atoms with van der Waals surface area (Å²) in [4.78, 5) is -0.235. The van der Waals surface area contributed by atoms with Crippen LogP contribution < -0.4 is 15.2 Å². The Kier molecular flexibility index (Phi) is 3.41. The normalized spacial score (nSPS) is 22.8. The van der Waals surface area contributed by atoms with Gasteiger partial charge in [0.25, 0.3) is 10.0 Å². The van der Waals surface area contributed by atoms with Crippen LogP contribution in [0.2, 0.25) is 0 Å². The highest BCUT2D eigenvalue weighted by Crippen LogP contribution is 2.41. The number of hydrogen-bond acceptors (Lipinski definition) is 7. The fourth-order valence-electron chi connectivity index (χ4n) is 2.99. The lowest BCUT2D eigenvalue weighted by molar-refractivity contribution is 0.0467. The minimum absolute atomic E-state index is 0.0505. The van der Waals surface area contributed by atoms with Crippen molar-refractivity contribution in [2.45, 2.75) is 24.0 Å². The maximum Gasteiger partial charge on any atom is 0.250 e. The topological polar surface area (TPSA) is 108 Å². The van der Waals surface area contributed by atoms with Crippen LogP contribution in [-0.4, -0.2) is 43.2 Å². The Hall–Kier alpha value is -2.40. The van der Waals surface area contributed by atoms with Gasteiger partial charge in [-0.15, -0.1) is 0 Å². The Morgan fingerprint density at radius 1 is 1.16 bits per heavy atom. The number of hydrogen-bond donors (Lipinski definition) is 1. The van der Waals surface area contributed by atoms with Crippen LogP contribution in [0.25, 0.3) is 0 Å². The third-order valence-corrected chi connectivity index (χ3v) is 6.16. The second-order valence-corrected chi connectivity index (χ2v) is 7.65. The molecule has 1 aromatic heterocycles. The van der Waals surface area contributed by atoms with Crippen LogP contribution in [0.4, 0.5) is 14.6 Å². The molecule has 0 saturated carbocycles. The summed E-state index contributed by atoms with van der Waals surface area (Å²) in [6.45, 7) is 1.21. The lowest BCUT2D eigenvalue weighted by Crippen LogP contribution is -2.39. The van der Waals surface area contributed by atoms with Gasteiger partial charge in [0.15, 0.2) is 40.3 Å². The second kappa shape index (κ2) is 5.30. The summed E-state index contributed by atoms with van der Waals surface area (Å²) in [5.41, 5.74) is 5.58. The molecule has 0 amide bonds. The van der Waals surface area contributed by atoms with E-state index in [0.29, 0.717) is 0 Å². The van der Waals surface area contributed by atoms with E-state index in [1.807, 2.05) is 0 Å². The fraction of sp³-hybridized carbons (Fsp3) is 0.357. The molecular formula is C14H13F2N3O5S. The van der Waals surface area contributed by atoms with Gasteiger partial charge in [-0.1, -0.05) is 5.16 Å². The molecule has 2 atom stereocenters. The van der Waals surface area contributed by atoms with Gasteiger partial charge in [0.1, 0.15) is 0 Å². The molecule has 2 aliphatic heterocycles. The molecule has 2 aromatic rings. The van der Waals surface area contributed by atoms with Crippen molar-refractivity contribution in [2.24, 2.45) is 0 Å². The molecular weight excluding hydrogens is 360 g/mol. The number of sulfonamides is 1. The smallest absolute Gasteiger partial charge is 0.250 e. The number of fused-ring (bicyclic) bond motifs is 2. The van der Waals surface area contributed by atoms with Crippen molar-refractivity contribution in [2.75, 3.05) is 18.8 Å². The number of benzene rings is 1. The van der Waals surface area contributed by atoms with Crippen molar-refractivity contribution in [3.63, 3.8) is 0 Å². The lowest BCUT2D eigenvalue weighted by Gasteiger charge is -2.28. The monoisotopic (exact) mass is 373 g/mol. The number of rotatable bonds is 2. The van der Waals surface area contributed by atoms with E-state index in [0.717, 1.165) is 16.4 Å². The highest BCUT2D eigenvalue weighted by Gasteiger charge is 2.47. The van der Waals surface area contributed by atoms with Gasteiger partial charge in [-0.2, -0.15) is 4.31 Å². The van der Waals surface area contributed by atoms with E-state index in [4.69, 9.17) is 19.7 Å². The SMILES string of the molecule is Cc1onc(N)c1S(=O)(=O)N1C[C@@H]2Oc3c(F)ccc(F)c3O[C@@H]2C1. The zero-order valence-electron chi connectivity index (χ0n) is 12.9. The van der Waals surface area contributed by atoms with Gasteiger partial charge >= 0.3 is 0 Å². The summed E-state index contributed by atoms with van der Waals surface area (Å²) in [7, 11) is -4.02. The molecule has 25 heavy (non-hydrogen) atoms. The maximum atomic E-state index is 13.8. The third-order valence-electron chi connectivity index (χ3n) is 4.17. The Morgan fingerprint density at radius 3 is 2.12 bits per heavy atom. The number of aromatic nitrogens is 1. The number of nitrogens with zero attached hydrogens (tertiary/aromatic N) is 2. The van der Waals surface area contributed by atoms with Gasteiger partial charge in [-0.05, 0) is 19.1 Å². The van der Waals surface area contributed by atoms with Crippen molar-refractivity contribution < 1.29 is 31.2 Å². The molecule has 0 radical (unpaired) electrons. The highest BCUT2D eigenvalue weighted by molar-refractivity contribution is 7.89. The summed E-state index contributed by atoms with van der Waals surface area (Å²) < 4.78 is 70.0. The predicted molar refractivity (Wildman–Crippen MR) is 79.6 cm³/mol. The van der Waals surface area contributed by atoms with Gasteiger partial charge < -0.3 is 19.7 Å². The number of halogens is 2. The molecule has 0 spiro atoms. The van der Waals surface area contributed by atoms with Crippen LogP contribution in [0, 0.1) is 18.6 Å². The van der Waals surface area contributed by atoms with Crippen molar-refractivity contribution in [1.82, 2.24) is 9.46 Å². The Balaban J connectivity index is 1.65. The molecule has 3 heterocycles. The number of aryl methyl sites for hydroxylation is 1. The summed E-state index contributed by atoms with van der Waals surface area (Å²) in [6.07, 6.45) is -1.56. The van der Waals surface area contributed by atoms with Crippen molar-refractivity contribution in [1.29, 1.82) is 0 Å². The second-order valence-electron chi connectivity index (χ2n) is 5.78. The molecule has 1 fully saturated rings. The van der Waals surface area contributed by atoms with E-state index >= 15 is 0 Å². The number of ether oxygens (including phenoxy) is 2. The fourth-order valence-corrected chi connectivity index (χ4v) is 4.64. The molecule has 11 heteroatoms. The molecule has 0 bridgehead atoms. The first-order chi connectivity index (χ1) is 11.8. The standard InChI is InChI=1S/C14H13F2N3O5S/c1-6-13(14(17)18-24-6)25(20,21)19-4-9-10(5-19)23-12-8(16)3-2-7(15)11(12)22-9/h2-3,9-10H,4-5H2,1H3,(H2,17,18)/t9-,10+. The minimum Gasteiger partial charge on any atom is -0.478 e. The van der Waals surface area contributed by atoms with E-state index in [2.05, 4.69) is 5.16 Å². The molecule has 1 saturated heterocycles. The lowest BCUT2D eigenvalue weighted by atomic mass is 10.2. The molecule has 0 unspecified atom stereocenters. The van der Waals surface area contributed by atoms with Crippen LogP contribution in [0.5, 0.6) is 11.5 Å². The van der Waals surface area contributed by atoms with Crippen molar-refractivity contribution in [3.05, 3.63) is 29.5 Å². The number of nitrogen functional groups attached to an aromatic ring is 1. The van der Waals surface area contributed by atoms with E-state index in [1.54, 1.807) is 0 Å². The summed E-state index contributed by atoms with van der Waals surface area (Å²) in [5.74, 6) is -2.49. The quantitative estimate of drug-likeness (QED) is 0.838.